The van der Waals surface area contributed by atoms with Crippen LogP contribution in [-0.2, 0) is 12.0 Å². The van der Waals surface area contributed by atoms with E-state index in [9.17, 15) is 0 Å². The Bertz CT molecular complexity index is 531. The molecule has 1 nitrogen and oxygen atoms in total. The molecule has 2 atom stereocenters. The van der Waals surface area contributed by atoms with Crippen LogP contribution in [0.25, 0.3) is 0 Å². The molecule has 1 aromatic carbocycles. The van der Waals surface area contributed by atoms with Gasteiger partial charge in [0.15, 0.2) is 0 Å². The standard InChI is InChI=1S/C24H39N/c1-4-6-7-14-21(12-5-2)24(22-15-9-10-16-22)19-25(3)18-20-13-8-11-17-23(20)24/h8,11,13,17,21-22H,4-7,9-10,12,14-16,18-19H2,1-3H3. The third kappa shape index (κ3) is 3.82. The lowest BCUT2D eigenvalue weighted by Crippen LogP contribution is -2.53. The van der Waals surface area contributed by atoms with Crippen molar-refractivity contribution in [3.05, 3.63) is 35.4 Å². The van der Waals surface area contributed by atoms with Crippen molar-refractivity contribution in [3.63, 3.8) is 0 Å². The molecular weight excluding hydrogens is 302 g/mol. The van der Waals surface area contributed by atoms with Crippen LogP contribution in [0.4, 0.5) is 0 Å². The Kier molecular flexibility index (Phi) is 6.61. The van der Waals surface area contributed by atoms with Crippen molar-refractivity contribution in [2.24, 2.45) is 11.8 Å². The van der Waals surface area contributed by atoms with Crippen LogP contribution in [0, 0.1) is 11.8 Å². The first-order valence-corrected chi connectivity index (χ1v) is 11.0. The number of benzene rings is 1. The van der Waals surface area contributed by atoms with E-state index in [1.54, 1.807) is 11.1 Å². The molecule has 0 bridgehead atoms. The molecule has 1 heterocycles. The zero-order valence-electron chi connectivity index (χ0n) is 16.9. The Hall–Kier alpha value is -0.820. The molecule has 1 heteroatoms. The van der Waals surface area contributed by atoms with E-state index in [2.05, 4.69) is 50.1 Å². The maximum absolute atomic E-state index is 2.63. The van der Waals surface area contributed by atoms with Gasteiger partial charge in [0.25, 0.3) is 0 Å². The summed E-state index contributed by atoms with van der Waals surface area (Å²) in [6.07, 6.45) is 14.1. The summed E-state index contributed by atoms with van der Waals surface area (Å²) in [6, 6.07) is 9.47. The van der Waals surface area contributed by atoms with Crippen LogP contribution in [0.2, 0.25) is 0 Å². The van der Waals surface area contributed by atoms with Crippen molar-refractivity contribution in [1.82, 2.24) is 4.90 Å². The summed E-state index contributed by atoms with van der Waals surface area (Å²) >= 11 is 0. The molecule has 25 heavy (non-hydrogen) atoms. The molecular formula is C24H39N. The first-order valence-electron chi connectivity index (χ1n) is 11.0. The summed E-state index contributed by atoms with van der Waals surface area (Å²) in [5.74, 6) is 1.76. The van der Waals surface area contributed by atoms with Gasteiger partial charge in [-0.1, -0.05) is 76.6 Å². The Morgan fingerprint density at radius 1 is 1.04 bits per heavy atom. The summed E-state index contributed by atoms with van der Waals surface area (Å²) in [7, 11) is 2.36. The fourth-order valence-electron chi connectivity index (χ4n) is 6.11. The van der Waals surface area contributed by atoms with E-state index in [0.29, 0.717) is 5.41 Å². The number of fused-ring (bicyclic) bond motifs is 1. The highest BCUT2D eigenvalue weighted by atomic mass is 15.1. The van der Waals surface area contributed by atoms with Crippen LogP contribution >= 0.6 is 0 Å². The molecule has 1 aliphatic heterocycles. The molecule has 2 aliphatic rings. The molecule has 0 aromatic heterocycles. The van der Waals surface area contributed by atoms with E-state index >= 15 is 0 Å². The summed E-state index contributed by atoms with van der Waals surface area (Å²) in [5.41, 5.74) is 3.75. The van der Waals surface area contributed by atoms with Crippen LogP contribution in [0.1, 0.15) is 89.2 Å². The molecule has 1 aliphatic carbocycles. The minimum Gasteiger partial charge on any atom is -0.301 e. The zero-order chi connectivity index (χ0) is 17.7. The van der Waals surface area contributed by atoms with E-state index in [0.717, 1.165) is 18.4 Å². The molecule has 0 N–H and O–H groups in total. The number of hydrogen-bond donors (Lipinski definition) is 0. The van der Waals surface area contributed by atoms with Crippen molar-refractivity contribution in [3.8, 4) is 0 Å². The van der Waals surface area contributed by atoms with E-state index in [1.165, 1.54) is 70.8 Å². The van der Waals surface area contributed by atoms with Gasteiger partial charge < -0.3 is 4.90 Å². The highest BCUT2D eigenvalue weighted by Crippen LogP contribution is 2.53. The Morgan fingerprint density at radius 3 is 2.52 bits per heavy atom. The van der Waals surface area contributed by atoms with Gasteiger partial charge >= 0.3 is 0 Å². The second kappa shape index (κ2) is 8.71. The van der Waals surface area contributed by atoms with E-state index in [4.69, 9.17) is 0 Å². The van der Waals surface area contributed by atoms with Crippen molar-refractivity contribution in [2.75, 3.05) is 13.6 Å². The van der Waals surface area contributed by atoms with Crippen LogP contribution < -0.4 is 0 Å². The number of hydrogen-bond acceptors (Lipinski definition) is 1. The second-order valence-electron chi connectivity index (χ2n) is 8.83. The summed E-state index contributed by atoms with van der Waals surface area (Å²) < 4.78 is 0. The molecule has 3 rings (SSSR count). The van der Waals surface area contributed by atoms with Gasteiger partial charge in [-0.25, -0.2) is 0 Å². The first-order chi connectivity index (χ1) is 12.2. The minimum absolute atomic E-state index is 0.407. The monoisotopic (exact) mass is 341 g/mol. The molecule has 0 radical (unpaired) electrons. The lowest BCUT2D eigenvalue weighted by Gasteiger charge is -2.52. The van der Waals surface area contributed by atoms with E-state index < -0.39 is 0 Å². The van der Waals surface area contributed by atoms with Gasteiger partial charge in [0, 0.05) is 18.5 Å². The van der Waals surface area contributed by atoms with Gasteiger partial charge in [0.1, 0.15) is 0 Å². The van der Waals surface area contributed by atoms with Crippen molar-refractivity contribution < 1.29 is 0 Å². The van der Waals surface area contributed by atoms with Crippen LogP contribution in [0.15, 0.2) is 24.3 Å². The van der Waals surface area contributed by atoms with Gasteiger partial charge in [-0.3, -0.25) is 0 Å². The third-order valence-corrected chi connectivity index (χ3v) is 7.10. The van der Waals surface area contributed by atoms with Gasteiger partial charge in [-0.15, -0.1) is 0 Å². The number of rotatable bonds is 8. The molecule has 1 saturated carbocycles. The molecule has 1 fully saturated rings. The zero-order valence-corrected chi connectivity index (χ0v) is 16.9. The van der Waals surface area contributed by atoms with Crippen LogP contribution in [0.5, 0.6) is 0 Å². The van der Waals surface area contributed by atoms with Gasteiger partial charge in [-0.05, 0) is 55.7 Å². The fraction of sp³-hybridized carbons (Fsp3) is 0.750. The van der Waals surface area contributed by atoms with Crippen molar-refractivity contribution in [2.45, 2.75) is 90.0 Å². The Labute approximate surface area is 156 Å². The van der Waals surface area contributed by atoms with Crippen LogP contribution in [0.3, 0.4) is 0 Å². The first kappa shape index (κ1) is 19.0. The highest BCUT2D eigenvalue weighted by molar-refractivity contribution is 5.39. The number of nitrogens with zero attached hydrogens (tertiary/aromatic N) is 1. The number of unbranched alkanes of at least 4 members (excludes halogenated alkanes) is 2. The van der Waals surface area contributed by atoms with E-state index in [-0.39, 0.29) is 0 Å². The van der Waals surface area contributed by atoms with Crippen molar-refractivity contribution in [1.29, 1.82) is 0 Å². The third-order valence-electron chi connectivity index (χ3n) is 7.10. The lowest BCUT2D eigenvalue weighted by atomic mass is 9.57. The fourth-order valence-corrected chi connectivity index (χ4v) is 6.11. The molecule has 1 aromatic rings. The lowest BCUT2D eigenvalue weighted by molar-refractivity contribution is 0.0784. The predicted octanol–water partition coefficient (Wildman–Crippen LogP) is 6.56. The number of likely N-dealkylation sites (N-methyl/N-ethyl adjacent to an activating group) is 1. The summed E-state index contributed by atoms with van der Waals surface area (Å²) in [5, 5.41) is 0. The van der Waals surface area contributed by atoms with Gasteiger partial charge in [0.05, 0.1) is 0 Å². The van der Waals surface area contributed by atoms with E-state index in [1.807, 2.05) is 0 Å². The predicted molar refractivity (Wildman–Crippen MR) is 109 cm³/mol. The largest absolute Gasteiger partial charge is 0.301 e. The van der Waals surface area contributed by atoms with Crippen molar-refractivity contribution >= 4 is 0 Å². The van der Waals surface area contributed by atoms with Gasteiger partial charge in [-0.2, -0.15) is 0 Å². The maximum atomic E-state index is 2.63. The normalized spacial score (nSPS) is 25.9. The smallest absolute Gasteiger partial charge is 0.0234 e. The quantitative estimate of drug-likeness (QED) is 0.484. The summed E-state index contributed by atoms with van der Waals surface area (Å²) in [4.78, 5) is 2.63. The van der Waals surface area contributed by atoms with Crippen LogP contribution in [-0.4, -0.2) is 18.5 Å². The average molecular weight is 342 g/mol. The summed E-state index contributed by atoms with van der Waals surface area (Å²) in [6.45, 7) is 7.16. The molecule has 140 valence electrons. The SMILES string of the molecule is CCCCCC(CCC)C1(C2CCCC2)CN(C)Cc2ccccc21. The molecule has 0 saturated heterocycles. The topological polar surface area (TPSA) is 3.24 Å². The Balaban J connectivity index is 2.03. The Morgan fingerprint density at radius 2 is 1.80 bits per heavy atom. The minimum atomic E-state index is 0.407. The molecule has 2 unspecified atom stereocenters. The maximum Gasteiger partial charge on any atom is 0.0234 e. The van der Waals surface area contributed by atoms with Gasteiger partial charge in [0.2, 0.25) is 0 Å². The molecule has 0 amide bonds. The highest BCUT2D eigenvalue weighted by Gasteiger charge is 2.49. The second-order valence-corrected chi connectivity index (χ2v) is 8.83. The molecule has 0 spiro atoms. The average Bonchev–Trinajstić information content (AvgIpc) is 3.15.